The van der Waals surface area contributed by atoms with Gasteiger partial charge in [0.2, 0.25) is 0 Å². The summed E-state index contributed by atoms with van der Waals surface area (Å²) in [4.78, 5) is 0. The van der Waals surface area contributed by atoms with E-state index in [9.17, 15) is 21.6 Å². The molecule has 3 nitrogen and oxygen atoms in total. The van der Waals surface area contributed by atoms with Gasteiger partial charge in [-0.15, -0.1) is 0 Å². The Morgan fingerprint density at radius 2 is 1.93 bits per heavy atom. The number of rotatable bonds is 1. The van der Waals surface area contributed by atoms with Crippen LogP contribution in [0.1, 0.15) is 12.8 Å². The van der Waals surface area contributed by atoms with Crippen LogP contribution >= 0.6 is 10.7 Å². The van der Waals surface area contributed by atoms with Crippen molar-refractivity contribution in [3.8, 4) is 0 Å². The second kappa shape index (κ2) is 3.86. The van der Waals surface area contributed by atoms with E-state index in [-0.39, 0.29) is 19.4 Å². The summed E-state index contributed by atoms with van der Waals surface area (Å²) in [6.45, 7) is -0.492. The second-order valence-corrected chi connectivity index (χ2v) is 5.69. The van der Waals surface area contributed by atoms with Crippen LogP contribution in [0.2, 0.25) is 0 Å². The normalized spacial score (nSPS) is 26.4. The Hall–Kier alpha value is -0.0100. The van der Waals surface area contributed by atoms with Crippen molar-refractivity contribution in [2.75, 3.05) is 13.1 Å². The minimum atomic E-state index is -4.35. The molecule has 1 aliphatic heterocycles. The lowest BCUT2D eigenvalue weighted by Gasteiger charge is -2.30. The third-order valence-corrected chi connectivity index (χ3v) is 3.69. The Labute approximate surface area is 84.4 Å². The molecule has 1 heterocycles. The van der Waals surface area contributed by atoms with Crippen LogP contribution in [0.4, 0.5) is 13.2 Å². The largest absolute Gasteiger partial charge is 0.393 e. The van der Waals surface area contributed by atoms with Crippen molar-refractivity contribution >= 4 is 19.9 Å². The summed E-state index contributed by atoms with van der Waals surface area (Å²) < 4.78 is 58.9. The summed E-state index contributed by atoms with van der Waals surface area (Å²) in [6, 6.07) is 0. The Kier molecular flexibility index (Phi) is 3.33. The Balaban J connectivity index is 2.71. The summed E-state index contributed by atoms with van der Waals surface area (Å²) in [7, 11) is 0.945. The van der Waals surface area contributed by atoms with Gasteiger partial charge in [0.05, 0.1) is 5.92 Å². The lowest BCUT2D eigenvalue weighted by molar-refractivity contribution is -0.182. The Morgan fingerprint density at radius 3 is 2.36 bits per heavy atom. The summed E-state index contributed by atoms with van der Waals surface area (Å²) in [5.74, 6) is -1.59. The first kappa shape index (κ1) is 12.1. The predicted molar refractivity (Wildman–Crippen MR) is 45.1 cm³/mol. The molecular formula is C6H9ClF3NO2S. The third-order valence-electron chi connectivity index (χ3n) is 2.16. The number of nitrogens with zero attached hydrogens (tertiary/aromatic N) is 1. The lowest BCUT2D eigenvalue weighted by Crippen LogP contribution is -2.42. The summed E-state index contributed by atoms with van der Waals surface area (Å²) >= 11 is 0. The van der Waals surface area contributed by atoms with Crippen LogP contribution in [0.5, 0.6) is 0 Å². The molecule has 0 aromatic carbocycles. The highest BCUT2D eigenvalue weighted by Gasteiger charge is 2.43. The van der Waals surface area contributed by atoms with Gasteiger partial charge in [0.1, 0.15) is 0 Å². The molecule has 0 saturated carbocycles. The van der Waals surface area contributed by atoms with Gasteiger partial charge in [0.15, 0.2) is 0 Å². The molecule has 0 spiro atoms. The molecule has 1 atom stereocenters. The standard InChI is InChI=1S/C6H9ClF3NO2S/c7-14(12,13)11-3-1-2-5(4-11)6(8,9)10/h5H,1-4H2/t5-/m1/s1. The molecule has 0 aromatic heterocycles. The van der Waals surface area contributed by atoms with Crippen molar-refractivity contribution in [1.29, 1.82) is 0 Å². The maximum Gasteiger partial charge on any atom is 0.393 e. The van der Waals surface area contributed by atoms with E-state index in [1.807, 2.05) is 0 Å². The monoisotopic (exact) mass is 251 g/mol. The van der Waals surface area contributed by atoms with Crippen LogP contribution in [0.15, 0.2) is 0 Å². The molecule has 0 aromatic rings. The van der Waals surface area contributed by atoms with Crippen molar-refractivity contribution < 1.29 is 21.6 Å². The van der Waals surface area contributed by atoms with Gasteiger partial charge in [-0.05, 0) is 12.8 Å². The van der Waals surface area contributed by atoms with Crippen LogP contribution in [0.3, 0.4) is 0 Å². The van der Waals surface area contributed by atoms with Crippen molar-refractivity contribution in [3.63, 3.8) is 0 Å². The van der Waals surface area contributed by atoms with Crippen molar-refractivity contribution in [1.82, 2.24) is 4.31 Å². The lowest BCUT2D eigenvalue weighted by atomic mass is 9.99. The fourth-order valence-corrected chi connectivity index (χ4v) is 2.49. The van der Waals surface area contributed by atoms with E-state index in [1.54, 1.807) is 0 Å². The Bertz CT molecular complexity index is 303. The predicted octanol–water partition coefficient (Wildman–Crippen LogP) is 1.74. The molecule has 84 valence electrons. The summed E-state index contributed by atoms with van der Waals surface area (Å²) in [5, 5.41) is 0. The van der Waals surface area contributed by atoms with Gasteiger partial charge in [-0.1, -0.05) is 0 Å². The maximum absolute atomic E-state index is 12.2. The minimum Gasteiger partial charge on any atom is -0.195 e. The smallest absolute Gasteiger partial charge is 0.195 e. The van der Waals surface area contributed by atoms with Crippen molar-refractivity contribution in [2.45, 2.75) is 19.0 Å². The molecule has 0 N–H and O–H groups in total. The highest BCUT2D eigenvalue weighted by molar-refractivity contribution is 8.11. The van der Waals surface area contributed by atoms with Gasteiger partial charge in [-0.25, -0.2) is 0 Å². The van der Waals surface area contributed by atoms with E-state index in [0.29, 0.717) is 4.31 Å². The molecule has 1 saturated heterocycles. The van der Waals surface area contributed by atoms with Crippen LogP contribution in [-0.2, 0) is 9.24 Å². The fourth-order valence-electron chi connectivity index (χ4n) is 1.41. The molecule has 8 heteroatoms. The SMILES string of the molecule is O=S(=O)(Cl)N1CCC[C@@H](C(F)(F)F)C1. The third kappa shape index (κ3) is 2.99. The highest BCUT2D eigenvalue weighted by atomic mass is 35.7. The number of piperidine rings is 1. The quantitative estimate of drug-likeness (QED) is 0.666. The zero-order valence-corrected chi connectivity index (χ0v) is 8.66. The van der Waals surface area contributed by atoms with Gasteiger partial charge < -0.3 is 0 Å². The molecule has 1 rings (SSSR count). The van der Waals surface area contributed by atoms with Crippen molar-refractivity contribution in [3.05, 3.63) is 0 Å². The van der Waals surface area contributed by atoms with E-state index in [4.69, 9.17) is 10.7 Å². The minimum absolute atomic E-state index is 0.0353. The summed E-state index contributed by atoms with van der Waals surface area (Å²) in [6.07, 6.45) is -4.19. The summed E-state index contributed by atoms with van der Waals surface area (Å²) in [5.41, 5.74) is 0. The average molecular weight is 252 g/mol. The van der Waals surface area contributed by atoms with E-state index >= 15 is 0 Å². The zero-order valence-electron chi connectivity index (χ0n) is 7.09. The highest BCUT2D eigenvalue weighted by Crippen LogP contribution is 2.34. The fraction of sp³-hybridized carbons (Fsp3) is 1.00. The molecule has 0 aliphatic carbocycles. The van der Waals surface area contributed by atoms with Gasteiger partial charge in [-0.2, -0.15) is 25.9 Å². The van der Waals surface area contributed by atoms with Crippen LogP contribution < -0.4 is 0 Å². The number of hydrogen-bond acceptors (Lipinski definition) is 2. The maximum atomic E-state index is 12.2. The molecule has 0 radical (unpaired) electrons. The number of hydrogen-bond donors (Lipinski definition) is 0. The first-order valence-corrected chi connectivity index (χ1v) is 6.24. The van der Waals surface area contributed by atoms with E-state index < -0.39 is 27.9 Å². The number of alkyl halides is 3. The van der Waals surface area contributed by atoms with Crippen LogP contribution in [0, 0.1) is 5.92 Å². The molecule has 0 amide bonds. The second-order valence-electron chi connectivity index (χ2n) is 3.18. The topological polar surface area (TPSA) is 37.4 Å². The molecular weight excluding hydrogens is 243 g/mol. The first-order chi connectivity index (χ1) is 6.21. The van der Waals surface area contributed by atoms with E-state index in [2.05, 4.69) is 0 Å². The first-order valence-electron chi connectivity index (χ1n) is 3.97. The molecule has 14 heavy (non-hydrogen) atoms. The average Bonchev–Trinajstić information content (AvgIpc) is 2.01. The molecule has 0 unspecified atom stereocenters. The zero-order chi connectivity index (χ0) is 11.0. The van der Waals surface area contributed by atoms with Crippen molar-refractivity contribution in [2.24, 2.45) is 5.92 Å². The molecule has 1 fully saturated rings. The van der Waals surface area contributed by atoms with Crippen LogP contribution in [-0.4, -0.2) is 32.0 Å². The van der Waals surface area contributed by atoms with Gasteiger partial charge in [0.25, 0.3) is 9.24 Å². The molecule has 0 bridgehead atoms. The number of halogens is 4. The molecule has 1 aliphatic rings. The van der Waals surface area contributed by atoms with Gasteiger partial charge in [0, 0.05) is 23.8 Å². The van der Waals surface area contributed by atoms with Crippen LogP contribution in [0.25, 0.3) is 0 Å². The van der Waals surface area contributed by atoms with E-state index in [0.717, 1.165) is 0 Å². The Morgan fingerprint density at radius 1 is 1.36 bits per heavy atom. The van der Waals surface area contributed by atoms with Gasteiger partial charge in [-0.3, -0.25) is 0 Å². The van der Waals surface area contributed by atoms with E-state index in [1.165, 1.54) is 0 Å². The van der Waals surface area contributed by atoms with Gasteiger partial charge >= 0.3 is 6.18 Å².